The lowest BCUT2D eigenvalue weighted by Crippen LogP contribution is -2.44. The van der Waals surface area contributed by atoms with E-state index >= 15 is 0 Å². The maximum absolute atomic E-state index is 13.2. The molecule has 1 aromatic rings. The zero-order valence-corrected chi connectivity index (χ0v) is 12.8. The van der Waals surface area contributed by atoms with Gasteiger partial charge in [0.2, 0.25) is 0 Å². The molecule has 0 bridgehead atoms. The van der Waals surface area contributed by atoms with Crippen molar-refractivity contribution in [2.75, 3.05) is 13.6 Å². The molecule has 2 nitrogen and oxygen atoms in total. The molecule has 2 unspecified atom stereocenters. The van der Waals surface area contributed by atoms with Crippen molar-refractivity contribution >= 4 is 0 Å². The molecule has 1 aliphatic rings. The second-order valence-electron chi connectivity index (χ2n) is 6.91. The monoisotopic (exact) mass is 279 g/mol. The van der Waals surface area contributed by atoms with E-state index in [2.05, 4.69) is 18.7 Å². The van der Waals surface area contributed by atoms with E-state index in [-0.39, 0.29) is 17.3 Å². The zero-order chi connectivity index (χ0) is 14.8. The Morgan fingerprint density at radius 3 is 2.85 bits per heavy atom. The summed E-state index contributed by atoms with van der Waals surface area (Å²) in [6, 6.07) is 6.74. The Kier molecular flexibility index (Phi) is 4.82. The molecule has 0 spiro atoms. The van der Waals surface area contributed by atoms with E-state index in [9.17, 15) is 9.50 Å². The summed E-state index contributed by atoms with van der Waals surface area (Å²) in [5.41, 5.74) is 1.000. The molecule has 0 radical (unpaired) electrons. The largest absolute Gasteiger partial charge is 0.392 e. The minimum absolute atomic E-state index is 0.0165. The minimum atomic E-state index is -0.244. The van der Waals surface area contributed by atoms with E-state index in [1.807, 2.05) is 13.1 Å². The Hall–Kier alpha value is -0.930. The Balaban J connectivity index is 1.92. The van der Waals surface area contributed by atoms with Crippen molar-refractivity contribution in [1.29, 1.82) is 0 Å². The molecule has 2 rings (SSSR count). The standard InChI is InChI=1S/C17H26FNO/c1-17(2)9-5-7-14(16(17)20)12-19(3)11-13-6-4-8-15(18)10-13/h4,6,8,10,14,16,20H,5,7,9,11-12H2,1-3H3. The molecule has 0 saturated heterocycles. The van der Waals surface area contributed by atoms with Crippen molar-refractivity contribution in [3.8, 4) is 0 Å². The van der Waals surface area contributed by atoms with Crippen LogP contribution < -0.4 is 0 Å². The molecule has 20 heavy (non-hydrogen) atoms. The van der Waals surface area contributed by atoms with E-state index in [0.29, 0.717) is 5.92 Å². The summed E-state index contributed by atoms with van der Waals surface area (Å²) in [4.78, 5) is 2.18. The molecule has 0 heterocycles. The fourth-order valence-corrected chi connectivity index (χ4v) is 3.37. The average molecular weight is 279 g/mol. The lowest BCUT2D eigenvalue weighted by Gasteiger charge is -2.42. The maximum Gasteiger partial charge on any atom is 0.123 e. The molecule has 0 amide bonds. The van der Waals surface area contributed by atoms with Crippen LogP contribution in [0.2, 0.25) is 0 Å². The van der Waals surface area contributed by atoms with Crippen LogP contribution in [0, 0.1) is 17.2 Å². The summed E-state index contributed by atoms with van der Waals surface area (Å²) in [5.74, 6) is 0.132. The first-order valence-corrected chi connectivity index (χ1v) is 7.49. The van der Waals surface area contributed by atoms with Crippen LogP contribution in [0.5, 0.6) is 0 Å². The normalized spacial score (nSPS) is 25.9. The SMILES string of the molecule is CN(Cc1cccc(F)c1)CC1CCCC(C)(C)C1O. The van der Waals surface area contributed by atoms with E-state index in [4.69, 9.17) is 0 Å². The summed E-state index contributed by atoms with van der Waals surface area (Å²) >= 11 is 0. The third-order valence-corrected chi connectivity index (χ3v) is 4.53. The van der Waals surface area contributed by atoms with Gasteiger partial charge < -0.3 is 10.0 Å². The van der Waals surface area contributed by atoms with Crippen molar-refractivity contribution in [3.05, 3.63) is 35.6 Å². The molecule has 1 aliphatic carbocycles. The number of rotatable bonds is 4. The van der Waals surface area contributed by atoms with Gasteiger partial charge in [0.1, 0.15) is 5.82 Å². The van der Waals surface area contributed by atoms with Gasteiger partial charge in [0.05, 0.1) is 6.10 Å². The second kappa shape index (κ2) is 6.23. The van der Waals surface area contributed by atoms with Gasteiger partial charge in [0, 0.05) is 13.1 Å². The van der Waals surface area contributed by atoms with Crippen molar-refractivity contribution < 1.29 is 9.50 Å². The average Bonchev–Trinajstić information content (AvgIpc) is 2.35. The molecule has 112 valence electrons. The molecule has 1 N–H and O–H groups in total. The van der Waals surface area contributed by atoms with Crippen LogP contribution in [0.25, 0.3) is 0 Å². The van der Waals surface area contributed by atoms with Crippen LogP contribution in [-0.4, -0.2) is 29.7 Å². The first-order chi connectivity index (χ1) is 9.38. The molecular weight excluding hydrogens is 253 g/mol. The number of nitrogens with zero attached hydrogens (tertiary/aromatic N) is 1. The van der Waals surface area contributed by atoms with Crippen LogP contribution in [0.3, 0.4) is 0 Å². The highest BCUT2D eigenvalue weighted by Crippen LogP contribution is 2.39. The third kappa shape index (κ3) is 3.80. The number of aliphatic hydroxyl groups is 1. The minimum Gasteiger partial charge on any atom is -0.392 e. The fraction of sp³-hybridized carbons (Fsp3) is 0.647. The topological polar surface area (TPSA) is 23.5 Å². The quantitative estimate of drug-likeness (QED) is 0.912. The third-order valence-electron chi connectivity index (χ3n) is 4.53. The van der Waals surface area contributed by atoms with Crippen molar-refractivity contribution in [2.24, 2.45) is 11.3 Å². The van der Waals surface area contributed by atoms with E-state index in [1.165, 1.54) is 12.5 Å². The number of aliphatic hydroxyl groups excluding tert-OH is 1. The molecule has 1 saturated carbocycles. The first kappa shape index (κ1) is 15.5. The molecule has 1 aromatic carbocycles. The summed E-state index contributed by atoms with van der Waals surface area (Å²) in [6.45, 7) is 5.88. The van der Waals surface area contributed by atoms with Crippen molar-refractivity contribution in [1.82, 2.24) is 4.90 Å². The van der Waals surface area contributed by atoms with Crippen molar-refractivity contribution in [3.63, 3.8) is 0 Å². The van der Waals surface area contributed by atoms with Crippen LogP contribution in [0.1, 0.15) is 38.7 Å². The van der Waals surface area contributed by atoms with E-state index in [0.717, 1.165) is 31.5 Å². The van der Waals surface area contributed by atoms with Gasteiger partial charge in [-0.3, -0.25) is 0 Å². The Labute approximate surface area is 121 Å². The molecule has 0 aromatic heterocycles. The van der Waals surface area contributed by atoms with Crippen molar-refractivity contribution in [2.45, 2.75) is 45.8 Å². The highest BCUT2D eigenvalue weighted by Gasteiger charge is 2.37. The molecule has 1 fully saturated rings. The van der Waals surface area contributed by atoms with Gasteiger partial charge in [-0.1, -0.05) is 32.4 Å². The van der Waals surface area contributed by atoms with Gasteiger partial charge in [-0.2, -0.15) is 0 Å². The summed E-state index contributed by atoms with van der Waals surface area (Å²) in [5, 5.41) is 10.5. The summed E-state index contributed by atoms with van der Waals surface area (Å²) < 4.78 is 13.2. The Morgan fingerprint density at radius 1 is 1.40 bits per heavy atom. The van der Waals surface area contributed by atoms with E-state index < -0.39 is 0 Å². The number of hydrogen-bond donors (Lipinski definition) is 1. The lowest BCUT2D eigenvalue weighted by molar-refractivity contribution is -0.0414. The van der Waals surface area contributed by atoms with Gasteiger partial charge in [-0.25, -0.2) is 4.39 Å². The van der Waals surface area contributed by atoms with Gasteiger partial charge in [-0.15, -0.1) is 0 Å². The first-order valence-electron chi connectivity index (χ1n) is 7.49. The number of halogens is 1. The van der Waals surface area contributed by atoms with Gasteiger partial charge in [0.25, 0.3) is 0 Å². The maximum atomic E-state index is 13.2. The van der Waals surface area contributed by atoms with Crippen LogP contribution in [0.15, 0.2) is 24.3 Å². The predicted octanol–water partition coefficient (Wildman–Crippen LogP) is 3.44. The number of benzene rings is 1. The Morgan fingerprint density at radius 2 is 2.15 bits per heavy atom. The van der Waals surface area contributed by atoms with Gasteiger partial charge >= 0.3 is 0 Å². The lowest BCUT2D eigenvalue weighted by atomic mass is 9.69. The molecule has 2 atom stereocenters. The van der Waals surface area contributed by atoms with Crippen LogP contribution >= 0.6 is 0 Å². The molecule has 0 aliphatic heterocycles. The molecule has 3 heteroatoms. The summed E-state index contributed by atoms with van der Waals surface area (Å²) in [7, 11) is 2.04. The highest BCUT2D eigenvalue weighted by molar-refractivity contribution is 5.16. The highest BCUT2D eigenvalue weighted by atomic mass is 19.1. The fourth-order valence-electron chi connectivity index (χ4n) is 3.37. The van der Waals surface area contributed by atoms with Crippen LogP contribution in [0.4, 0.5) is 4.39 Å². The number of hydrogen-bond acceptors (Lipinski definition) is 2. The van der Waals surface area contributed by atoms with Crippen LogP contribution in [-0.2, 0) is 6.54 Å². The second-order valence-corrected chi connectivity index (χ2v) is 6.91. The smallest absolute Gasteiger partial charge is 0.123 e. The van der Waals surface area contributed by atoms with Gasteiger partial charge in [-0.05, 0) is 48.9 Å². The van der Waals surface area contributed by atoms with Gasteiger partial charge in [0.15, 0.2) is 0 Å². The zero-order valence-electron chi connectivity index (χ0n) is 12.8. The van der Waals surface area contributed by atoms with E-state index in [1.54, 1.807) is 12.1 Å². The Bertz CT molecular complexity index is 446. The summed E-state index contributed by atoms with van der Waals surface area (Å²) in [6.07, 6.45) is 3.12. The predicted molar refractivity (Wildman–Crippen MR) is 79.9 cm³/mol. The molecular formula is C17H26FNO.